The summed E-state index contributed by atoms with van der Waals surface area (Å²) in [4.78, 5) is 14.4. The summed E-state index contributed by atoms with van der Waals surface area (Å²) < 4.78 is 5.87. The first-order valence-electron chi connectivity index (χ1n) is 10.8. The number of piperidine rings is 1. The van der Waals surface area contributed by atoms with Crippen LogP contribution in [0.4, 0.5) is 0 Å². The van der Waals surface area contributed by atoms with E-state index in [-0.39, 0.29) is 11.7 Å². The quantitative estimate of drug-likeness (QED) is 0.526. The number of nitrogens with one attached hydrogen (secondary N) is 1. The van der Waals surface area contributed by atoms with E-state index in [4.69, 9.17) is 4.74 Å². The molecule has 1 saturated heterocycles. The summed E-state index contributed by atoms with van der Waals surface area (Å²) in [7, 11) is 0. The van der Waals surface area contributed by atoms with E-state index < -0.39 is 0 Å². The molecule has 2 N–H and O–H groups in total. The Kier molecular flexibility index (Phi) is 9.38. The number of aromatic hydroxyl groups is 1. The van der Waals surface area contributed by atoms with Gasteiger partial charge in [-0.25, -0.2) is 0 Å². The molecule has 6 heteroatoms. The van der Waals surface area contributed by atoms with Crippen LogP contribution < -0.4 is 10.1 Å². The van der Waals surface area contributed by atoms with Gasteiger partial charge in [0.05, 0.1) is 12.4 Å². The second-order valence-corrected chi connectivity index (χ2v) is 8.68. The molecule has 2 aromatic carbocycles. The van der Waals surface area contributed by atoms with E-state index in [1.54, 1.807) is 23.9 Å². The van der Waals surface area contributed by atoms with Crippen LogP contribution in [0.15, 0.2) is 48.5 Å². The molecule has 2 aromatic rings. The number of hydrogen-bond acceptors (Lipinski definition) is 5. The van der Waals surface area contributed by atoms with E-state index in [0.717, 1.165) is 30.0 Å². The van der Waals surface area contributed by atoms with Crippen molar-refractivity contribution in [3.05, 3.63) is 59.7 Å². The normalized spacial score (nSPS) is 14.4. The number of phenolic OH excluding ortho intramolecular Hbond substituents is 1. The first kappa shape index (κ1) is 22.5. The predicted molar refractivity (Wildman–Crippen MR) is 123 cm³/mol. The van der Waals surface area contributed by atoms with Crippen LogP contribution >= 0.6 is 11.8 Å². The average Bonchev–Trinajstić information content (AvgIpc) is 2.76. The molecule has 0 radical (unpaired) electrons. The Bertz CT molecular complexity index is 776. The molecule has 0 bridgehead atoms. The van der Waals surface area contributed by atoms with Crippen LogP contribution in [0.1, 0.15) is 36.8 Å². The summed E-state index contributed by atoms with van der Waals surface area (Å²) in [6.07, 6.45) is 4.74. The fraction of sp³-hybridized carbons (Fsp3) is 0.458. The molecule has 0 spiro atoms. The highest BCUT2D eigenvalue weighted by atomic mass is 32.2. The third kappa shape index (κ3) is 8.28. The van der Waals surface area contributed by atoms with Gasteiger partial charge in [-0.15, -0.1) is 11.8 Å². The molecule has 0 unspecified atom stereocenters. The molecule has 1 aliphatic heterocycles. The lowest BCUT2D eigenvalue weighted by molar-refractivity contribution is -0.118. The minimum atomic E-state index is 0.0438. The van der Waals surface area contributed by atoms with Gasteiger partial charge in [-0.3, -0.25) is 9.69 Å². The van der Waals surface area contributed by atoms with Crippen LogP contribution in [-0.4, -0.2) is 47.9 Å². The summed E-state index contributed by atoms with van der Waals surface area (Å²) in [5.74, 6) is 2.39. The maximum Gasteiger partial charge on any atom is 0.230 e. The molecule has 0 aliphatic carbocycles. The van der Waals surface area contributed by atoms with E-state index in [9.17, 15) is 9.90 Å². The Morgan fingerprint density at radius 3 is 2.67 bits per heavy atom. The van der Waals surface area contributed by atoms with Crippen LogP contribution in [0.3, 0.4) is 0 Å². The predicted octanol–water partition coefficient (Wildman–Crippen LogP) is 4.20. The van der Waals surface area contributed by atoms with Gasteiger partial charge in [-0.05, 0) is 67.7 Å². The van der Waals surface area contributed by atoms with Gasteiger partial charge >= 0.3 is 0 Å². The maximum absolute atomic E-state index is 11.9. The van der Waals surface area contributed by atoms with E-state index in [1.807, 2.05) is 18.2 Å². The van der Waals surface area contributed by atoms with Gasteiger partial charge in [0.25, 0.3) is 0 Å². The van der Waals surface area contributed by atoms with E-state index in [2.05, 4.69) is 28.4 Å². The first-order valence-corrected chi connectivity index (χ1v) is 11.9. The van der Waals surface area contributed by atoms with Crippen LogP contribution in [0.25, 0.3) is 0 Å². The lowest BCUT2D eigenvalue weighted by Crippen LogP contribution is -2.29. The van der Waals surface area contributed by atoms with Gasteiger partial charge in [0.2, 0.25) is 5.91 Å². The number of hydrogen-bond donors (Lipinski definition) is 2. The zero-order chi connectivity index (χ0) is 21.0. The maximum atomic E-state index is 11.9. The Hall–Kier alpha value is -2.18. The highest BCUT2D eigenvalue weighted by Gasteiger charge is 2.10. The number of nitrogens with zero attached hydrogens (tertiary/aromatic N) is 1. The molecule has 0 atom stereocenters. The summed E-state index contributed by atoms with van der Waals surface area (Å²) in [6.45, 7) is 4.59. The summed E-state index contributed by atoms with van der Waals surface area (Å²) in [5.41, 5.74) is 2.40. The summed E-state index contributed by atoms with van der Waals surface area (Å²) in [5, 5.41) is 12.2. The molecule has 1 heterocycles. The number of carbonyl (C=O) groups is 1. The van der Waals surface area contributed by atoms with Crippen molar-refractivity contribution < 1.29 is 14.6 Å². The molecule has 1 fully saturated rings. The molecule has 1 aliphatic rings. The second kappa shape index (κ2) is 12.5. The molecule has 1 amide bonds. The molecule has 3 rings (SSSR count). The lowest BCUT2D eigenvalue weighted by atomic mass is 10.1. The third-order valence-electron chi connectivity index (χ3n) is 5.10. The third-order valence-corrected chi connectivity index (χ3v) is 6.11. The molecular formula is C24H32N2O3S. The van der Waals surface area contributed by atoms with Crippen LogP contribution in [0.2, 0.25) is 0 Å². The number of amides is 1. The molecule has 0 aromatic heterocycles. The lowest BCUT2D eigenvalue weighted by Gasteiger charge is -2.26. The largest absolute Gasteiger partial charge is 0.508 e. The first-order chi connectivity index (χ1) is 14.7. The minimum Gasteiger partial charge on any atom is -0.508 e. The number of likely N-dealkylation sites (tertiary alicyclic amines) is 1. The van der Waals surface area contributed by atoms with Crippen LogP contribution in [0, 0.1) is 0 Å². The number of phenols is 1. The topological polar surface area (TPSA) is 61.8 Å². The van der Waals surface area contributed by atoms with Crippen molar-refractivity contribution in [1.29, 1.82) is 0 Å². The smallest absolute Gasteiger partial charge is 0.230 e. The summed E-state index contributed by atoms with van der Waals surface area (Å²) in [6, 6.07) is 15.4. The van der Waals surface area contributed by atoms with Crippen LogP contribution in [-0.2, 0) is 17.1 Å². The molecular weight excluding hydrogens is 396 g/mol. The Balaban J connectivity index is 1.26. The van der Waals surface area contributed by atoms with Crippen molar-refractivity contribution in [3.8, 4) is 11.5 Å². The Labute approximate surface area is 183 Å². The second-order valence-electron chi connectivity index (χ2n) is 7.70. The number of benzene rings is 2. The fourth-order valence-corrected chi connectivity index (χ4v) is 4.32. The number of rotatable bonds is 11. The highest BCUT2D eigenvalue weighted by molar-refractivity contribution is 7.99. The SMILES string of the molecule is O=C(CSCc1ccc(O)cc1)NCCCOc1cccc(CN2CCCCC2)c1. The number of carbonyl (C=O) groups excluding carboxylic acids is 1. The molecule has 5 nitrogen and oxygen atoms in total. The van der Waals surface area contributed by atoms with E-state index >= 15 is 0 Å². The zero-order valence-corrected chi connectivity index (χ0v) is 18.3. The highest BCUT2D eigenvalue weighted by Crippen LogP contribution is 2.18. The molecule has 162 valence electrons. The summed E-state index contributed by atoms with van der Waals surface area (Å²) >= 11 is 1.57. The average molecular weight is 429 g/mol. The van der Waals surface area contributed by atoms with E-state index in [0.29, 0.717) is 18.9 Å². The fourth-order valence-electron chi connectivity index (χ4n) is 3.50. The zero-order valence-electron chi connectivity index (χ0n) is 17.5. The van der Waals surface area contributed by atoms with Crippen molar-refractivity contribution in [3.63, 3.8) is 0 Å². The van der Waals surface area contributed by atoms with Gasteiger partial charge in [0.1, 0.15) is 11.5 Å². The Morgan fingerprint density at radius 2 is 1.87 bits per heavy atom. The van der Waals surface area contributed by atoms with Gasteiger partial charge in [0.15, 0.2) is 0 Å². The monoisotopic (exact) mass is 428 g/mol. The van der Waals surface area contributed by atoms with Crippen molar-refractivity contribution in [2.24, 2.45) is 0 Å². The van der Waals surface area contributed by atoms with Crippen molar-refractivity contribution >= 4 is 17.7 Å². The standard InChI is InChI=1S/C24H32N2O3S/c27-22-10-8-20(9-11-22)18-30-19-24(28)25-12-5-15-29-23-7-4-6-21(16-23)17-26-13-2-1-3-14-26/h4,6-11,16,27H,1-3,5,12-15,17-19H2,(H,25,28). The molecule has 0 saturated carbocycles. The number of ether oxygens (including phenoxy) is 1. The van der Waals surface area contributed by atoms with Gasteiger partial charge in [0, 0.05) is 18.8 Å². The van der Waals surface area contributed by atoms with Gasteiger partial charge < -0.3 is 15.2 Å². The van der Waals surface area contributed by atoms with Crippen molar-refractivity contribution in [2.75, 3.05) is 32.0 Å². The van der Waals surface area contributed by atoms with Crippen molar-refractivity contribution in [2.45, 2.75) is 38.0 Å². The van der Waals surface area contributed by atoms with E-state index in [1.165, 1.54) is 37.9 Å². The van der Waals surface area contributed by atoms with Gasteiger partial charge in [-0.2, -0.15) is 0 Å². The van der Waals surface area contributed by atoms with Crippen molar-refractivity contribution in [1.82, 2.24) is 10.2 Å². The molecule has 30 heavy (non-hydrogen) atoms. The minimum absolute atomic E-state index is 0.0438. The number of thioether (sulfide) groups is 1. The van der Waals surface area contributed by atoms with Crippen LogP contribution in [0.5, 0.6) is 11.5 Å². The Morgan fingerprint density at radius 1 is 1.07 bits per heavy atom. The van der Waals surface area contributed by atoms with Gasteiger partial charge in [-0.1, -0.05) is 30.7 Å².